The summed E-state index contributed by atoms with van der Waals surface area (Å²) in [4.78, 5) is 21.1. The molecule has 0 aliphatic heterocycles. The van der Waals surface area contributed by atoms with Gasteiger partial charge in [0.05, 0.1) is 11.6 Å². The molecule has 0 unspecified atom stereocenters. The van der Waals surface area contributed by atoms with E-state index in [2.05, 4.69) is 25.9 Å². The zero-order chi connectivity index (χ0) is 19.9. The maximum Gasteiger partial charge on any atom is 0.255 e. The number of hydrogen-bond acceptors (Lipinski definition) is 6. The Kier molecular flexibility index (Phi) is 5.82. The summed E-state index contributed by atoms with van der Waals surface area (Å²) in [7, 11) is 0. The second-order valence-electron chi connectivity index (χ2n) is 6.10. The average molecular weight is 372 g/mol. The van der Waals surface area contributed by atoms with Crippen molar-refractivity contribution in [3.63, 3.8) is 0 Å². The first-order valence-corrected chi connectivity index (χ1v) is 8.85. The Labute approximate surface area is 163 Å². The lowest BCUT2D eigenvalue weighted by molar-refractivity contribution is 0.102. The maximum atomic E-state index is 12.3. The predicted octanol–water partition coefficient (Wildman–Crippen LogP) is 4.08. The van der Waals surface area contributed by atoms with E-state index in [-0.39, 0.29) is 5.91 Å². The van der Waals surface area contributed by atoms with Crippen LogP contribution in [0.15, 0.2) is 54.6 Å². The van der Waals surface area contributed by atoms with E-state index in [1.54, 1.807) is 36.4 Å². The topological polar surface area (TPSA) is 103 Å². The Morgan fingerprint density at radius 1 is 1.07 bits per heavy atom. The molecule has 1 amide bonds. The number of rotatable bonds is 6. The van der Waals surface area contributed by atoms with Crippen molar-refractivity contribution in [1.82, 2.24) is 9.97 Å². The highest BCUT2D eigenvalue weighted by Crippen LogP contribution is 2.19. The largest absolute Gasteiger partial charge is 0.354 e. The normalized spacial score (nSPS) is 10.0. The molecule has 0 atom stereocenters. The highest BCUT2D eigenvalue weighted by molar-refractivity contribution is 6.04. The SMILES string of the molecule is CCNc1nc(C)cc(Nc2ccc(NC(=O)c3cccc(C#N)c3)cc2)n1. The predicted molar refractivity (Wildman–Crippen MR) is 110 cm³/mol. The van der Waals surface area contributed by atoms with E-state index in [4.69, 9.17) is 5.26 Å². The first kappa shape index (κ1) is 18.9. The van der Waals surface area contributed by atoms with Crippen LogP contribution in [-0.2, 0) is 0 Å². The monoisotopic (exact) mass is 372 g/mol. The first-order valence-electron chi connectivity index (χ1n) is 8.85. The molecule has 7 heteroatoms. The zero-order valence-corrected chi connectivity index (χ0v) is 15.7. The second-order valence-corrected chi connectivity index (χ2v) is 6.10. The van der Waals surface area contributed by atoms with Crippen LogP contribution >= 0.6 is 0 Å². The molecular weight excluding hydrogens is 352 g/mol. The molecule has 0 radical (unpaired) electrons. The summed E-state index contributed by atoms with van der Waals surface area (Å²) in [6, 6.07) is 17.8. The third kappa shape index (κ3) is 4.83. The van der Waals surface area contributed by atoms with Gasteiger partial charge in [0.15, 0.2) is 0 Å². The van der Waals surface area contributed by atoms with Gasteiger partial charge in [0.25, 0.3) is 5.91 Å². The van der Waals surface area contributed by atoms with E-state index in [0.29, 0.717) is 28.6 Å². The van der Waals surface area contributed by atoms with Crippen LogP contribution in [0.3, 0.4) is 0 Å². The van der Waals surface area contributed by atoms with Crippen molar-refractivity contribution in [3.8, 4) is 6.07 Å². The lowest BCUT2D eigenvalue weighted by atomic mass is 10.1. The Bertz CT molecular complexity index is 1020. The molecule has 0 aliphatic rings. The van der Waals surface area contributed by atoms with E-state index < -0.39 is 0 Å². The quantitative estimate of drug-likeness (QED) is 0.602. The Hall–Kier alpha value is -3.92. The standard InChI is InChI=1S/C21H20N6O/c1-3-23-21-24-14(2)11-19(27-21)25-17-7-9-18(10-8-17)26-20(28)16-6-4-5-15(12-16)13-22/h4-12H,3H2,1-2H3,(H,26,28)(H2,23,24,25,27). The van der Waals surface area contributed by atoms with E-state index in [1.165, 1.54) is 0 Å². The van der Waals surface area contributed by atoms with Crippen LogP contribution < -0.4 is 16.0 Å². The van der Waals surface area contributed by atoms with Gasteiger partial charge in [-0.2, -0.15) is 10.2 Å². The second kappa shape index (κ2) is 8.64. The summed E-state index contributed by atoms with van der Waals surface area (Å²) in [5, 5.41) is 18.1. The van der Waals surface area contributed by atoms with Crippen LogP contribution in [0.5, 0.6) is 0 Å². The number of aryl methyl sites for hydroxylation is 1. The van der Waals surface area contributed by atoms with E-state index in [0.717, 1.165) is 17.9 Å². The van der Waals surface area contributed by atoms with Crippen molar-refractivity contribution in [2.24, 2.45) is 0 Å². The smallest absolute Gasteiger partial charge is 0.255 e. The van der Waals surface area contributed by atoms with Gasteiger partial charge in [0.1, 0.15) is 5.82 Å². The minimum Gasteiger partial charge on any atom is -0.354 e. The van der Waals surface area contributed by atoms with Gasteiger partial charge >= 0.3 is 0 Å². The molecule has 3 rings (SSSR count). The minimum absolute atomic E-state index is 0.264. The number of aromatic nitrogens is 2. The molecule has 1 aromatic heterocycles. The van der Waals surface area contributed by atoms with Crippen molar-refractivity contribution in [1.29, 1.82) is 5.26 Å². The van der Waals surface area contributed by atoms with Crippen molar-refractivity contribution in [2.45, 2.75) is 13.8 Å². The third-order valence-electron chi connectivity index (χ3n) is 3.86. The number of nitrogens with zero attached hydrogens (tertiary/aromatic N) is 3. The molecule has 0 saturated carbocycles. The van der Waals surface area contributed by atoms with Crippen LogP contribution in [0.25, 0.3) is 0 Å². The number of carbonyl (C=O) groups excluding carboxylic acids is 1. The lowest BCUT2D eigenvalue weighted by Gasteiger charge is -2.10. The Morgan fingerprint density at radius 3 is 2.54 bits per heavy atom. The van der Waals surface area contributed by atoms with Gasteiger partial charge in [-0.05, 0) is 56.3 Å². The third-order valence-corrected chi connectivity index (χ3v) is 3.86. The fourth-order valence-corrected chi connectivity index (χ4v) is 2.59. The van der Waals surface area contributed by atoms with Crippen molar-refractivity contribution in [2.75, 3.05) is 22.5 Å². The fourth-order valence-electron chi connectivity index (χ4n) is 2.59. The number of nitriles is 1. The molecule has 0 aliphatic carbocycles. The number of hydrogen-bond donors (Lipinski definition) is 3. The van der Waals surface area contributed by atoms with E-state index in [9.17, 15) is 4.79 Å². The average Bonchev–Trinajstić information content (AvgIpc) is 2.69. The number of benzene rings is 2. The minimum atomic E-state index is -0.264. The van der Waals surface area contributed by atoms with Crippen LogP contribution in [0, 0.1) is 18.3 Å². The summed E-state index contributed by atoms with van der Waals surface area (Å²) in [6.45, 7) is 4.64. The number of amides is 1. The summed E-state index contributed by atoms with van der Waals surface area (Å²) in [5.41, 5.74) is 3.24. The van der Waals surface area contributed by atoms with Crippen molar-refractivity contribution >= 4 is 29.0 Å². The number of carbonyl (C=O) groups is 1. The van der Waals surface area contributed by atoms with Gasteiger partial charge in [-0.15, -0.1) is 0 Å². The molecule has 0 saturated heterocycles. The molecule has 2 aromatic carbocycles. The van der Waals surface area contributed by atoms with Crippen LogP contribution in [0.2, 0.25) is 0 Å². The molecule has 0 spiro atoms. The fraction of sp³-hybridized carbons (Fsp3) is 0.143. The molecule has 1 heterocycles. The highest BCUT2D eigenvalue weighted by Gasteiger charge is 2.07. The lowest BCUT2D eigenvalue weighted by Crippen LogP contribution is -2.12. The van der Waals surface area contributed by atoms with Gasteiger partial charge in [0.2, 0.25) is 5.95 Å². The molecule has 28 heavy (non-hydrogen) atoms. The van der Waals surface area contributed by atoms with E-state index >= 15 is 0 Å². The van der Waals surface area contributed by atoms with Crippen molar-refractivity contribution < 1.29 is 4.79 Å². The maximum absolute atomic E-state index is 12.3. The van der Waals surface area contributed by atoms with E-state index in [1.807, 2.05) is 38.1 Å². The molecule has 3 N–H and O–H groups in total. The summed E-state index contributed by atoms with van der Waals surface area (Å²) in [5.74, 6) is 1.00. The number of nitrogens with one attached hydrogen (secondary N) is 3. The van der Waals surface area contributed by atoms with Gasteiger partial charge in [-0.3, -0.25) is 4.79 Å². The highest BCUT2D eigenvalue weighted by atomic mass is 16.1. The van der Waals surface area contributed by atoms with Crippen molar-refractivity contribution in [3.05, 3.63) is 71.4 Å². The van der Waals surface area contributed by atoms with Gasteiger partial charge in [-0.25, -0.2) is 4.98 Å². The van der Waals surface area contributed by atoms with Gasteiger partial charge in [0, 0.05) is 35.2 Å². The molecule has 3 aromatic rings. The molecule has 0 bridgehead atoms. The molecular formula is C21H20N6O. The van der Waals surface area contributed by atoms with Crippen LogP contribution in [0.1, 0.15) is 28.5 Å². The van der Waals surface area contributed by atoms with Gasteiger partial charge in [-0.1, -0.05) is 6.07 Å². The number of anilines is 4. The Balaban J connectivity index is 1.68. The zero-order valence-electron chi connectivity index (χ0n) is 15.7. The van der Waals surface area contributed by atoms with Crippen LogP contribution in [-0.4, -0.2) is 22.4 Å². The van der Waals surface area contributed by atoms with Crippen LogP contribution in [0.4, 0.5) is 23.1 Å². The summed E-state index contributed by atoms with van der Waals surface area (Å²) >= 11 is 0. The Morgan fingerprint density at radius 2 is 1.82 bits per heavy atom. The molecule has 7 nitrogen and oxygen atoms in total. The first-order chi connectivity index (χ1) is 13.6. The van der Waals surface area contributed by atoms with Gasteiger partial charge < -0.3 is 16.0 Å². The molecule has 140 valence electrons. The molecule has 0 fully saturated rings. The summed E-state index contributed by atoms with van der Waals surface area (Å²) < 4.78 is 0. The summed E-state index contributed by atoms with van der Waals surface area (Å²) in [6.07, 6.45) is 0.